The largest absolute Gasteiger partial charge is 0.481 e. The highest BCUT2D eigenvalue weighted by Gasteiger charge is 2.28. The van der Waals surface area contributed by atoms with Gasteiger partial charge in [-0.1, -0.05) is 24.3 Å². The molecule has 156 valence electrons. The van der Waals surface area contributed by atoms with Crippen LogP contribution in [0.5, 0.6) is 0 Å². The Bertz CT molecular complexity index is 1090. The molecule has 2 atom stereocenters. The number of aliphatic carboxylic acids is 1. The molecular formula is C23H22FNO4S. The molecule has 2 aromatic carbocycles. The van der Waals surface area contributed by atoms with E-state index in [0.29, 0.717) is 5.92 Å². The molecule has 0 radical (unpaired) electrons. The van der Waals surface area contributed by atoms with E-state index in [1.165, 1.54) is 17.7 Å². The van der Waals surface area contributed by atoms with E-state index >= 15 is 0 Å². The fraction of sp³-hybridized carbons (Fsp3) is 0.304. The van der Waals surface area contributed by atoms with Crippen molar-refractivity contribution in [1.29, 1.82) is 0 Å². The van der Waals surface area contributed by atoms with Gasteiger partial charge in [0.05, 0.1) is 34.4 Å². The van der Waals surface area contributed by atoms with Crippen molar-refractivity contribution in [1.82, 2.24) is 4.98 Å². The maximum Gasteiger partial charge on any atom is 0.305 e. The van der Waals surface area contributed by atoms with E-state index in [2.05, 4.69) is 11.1 Å². The number of carbonyl (C=O) groups is 1. The van der Waals surface area contributed by atoms with Gasteiger partial charge in [0, 0.05) is 12.0 Å². The lowest BCUT2D eigenvalue weighted by Gasteiger charge is -2.15. The minimum Gasteiger partial charge on any atom is -0.481 e. The van der Waals surface area contributed by atoms with E-state index in [9.17, 15) is 19.4 Å². The number of hydrogen-bond donors (Lipinski definition) is 3. The fourth-order valence-corrected chi connectivity index (χ4v) is 4.44. The van der Waals surface area contributed by atoms with Crippen molar-refractivity contribution >= 4 is 33.6 Å². The van der Waals surface area contributed by atoms with Gasteiger partial charge in [-0.25, -0.2) is 9.37 Å². The van der Waals surface area contributed by atoms with Crippen LogP contribution in [0.25, 0.3) is 27.4 Å². The van der Waals surface area contributed by atoms with Gasteiger partial charge in [0.2, 0.25) is 0 Å². The van der Waals surface area contributed by atoms with Crippen LogP contribution in [0.1, 0.15) is 42.7 Å². The lowest BCUT2D eigenvalue weighted by atomic mass is 9.91. The Hall–Kier alpha value is -2.61. The molecule has 5 nitrogen and oxygen atoms in total. The highest BCUT2D eigenvalue weighted by atomic mass is 32.1. The summed E-state index contributed by atoms with van der Waals surface area (Å²) in [6, 6.07) is 8.43. The summed E-state index contributed by atoms with van der Waals surface area (Å²) in [5, 5.41) is 28.9. The quantitative estimate of drug-likeness (QED) is 0.490. The number of benzene rings is 2. The standard InChI is InChI=1S/C23H22FNO4S/c24-15-5-3-14(4-6-15)22-18(8-7-16(26)9-17(27)10-21(28)29)19(13-1-2-13)11-20-23(22)25-12-30-20/h3-8,11-13,16-17,26-27H,1-2,9-10H2,(H,28,29)/b8-7+/t16-,17-/m1/s1. The Kier molecular flexibility index (Phi) is 5.94. The average molecular weight is 427 g/mol. The van der Waals surface area contributed by atoms with Gasteiger partial charge in [-0.15, -0.1) is 11.3 Å². The molecule has 4 rings (SSSR count). The first-order valence-corrected chi connectivity index (χ1v) is 10.7. The van der Waals surface area contributed by atoms with E-state index in [1.54, 1.807) is 35.1 Å². The predicted molar refractivity (Wildman–Crippen MR) is 115 cm³/mol. The second-order valence-electron chi connectivity index (χ2n) is 7.65. The zero-order chi connectivity index (χ0) is 21.3. The van der Waals surface area contributed by atoms with Crippen LogP contribution in [0.4, 0.5) is 4.39 Å². The first-order valence-electron chi connectivity index (χ1n) is 9.84. The molecule has 0 bridgehead atoms. The summed E-state index contributed by atoms with van der Waals surface area (Å²) in [6.07, 6.45) is 3.00. The highest BCUT2D eigenvalue weighted by molar-refractivity contribution is 7.16. The lowest BCUT2D eigenvalue weighted by Crippen LogP contribution is -2.19. The van der Waals surface area contributed by atoms with Crippen molar-refractivity contribution in [3.63, 3.8) is 0 Å². The number of carboxylic acid groups (broad SMARTS) is 1. The second kappa shape index (κ2) is 8.63. The van der Waals surface area contributed by atoms with Crippen LogP contribution in [-0.4, -0.2) is 38.5 Å². The summed E-state index contributed by atoms with van der Waals surface area (Å²) >= 11 is 1.56. The smallest absolute Gasteiger partial charge is 0.305 e. The fourth-order valence-electron chi connectivity index (χ4n) is 3.71. The number of aliphatic hydroxyl groups excluding tert-OH is 2. The first-order chi connectivity index (χ1) is 14.4. The Morgan fingerprint density at radius 1 is 1.27 bits per heavy atom. The second-order valence-corrected chi connectivity index (χ2v) is 8.53. The molecule has 0 spiro atoms. The maximum atomic E-state index is 13.5. The van der Waals surface area contributed by atoms with Crippen molar-refractivity contribution in [3.8, 4) is 11.1 Å². The van der Waals surface area contributed by atoms with Crippen LogP contribution in [-0.2, 0) is 4.79 Å². The van der Waals surface area contributed by atoms with E-state index in [4.69, 9.17) is 5.11 Å². The van der Waals surface area contributed by atoms with Crippen molar-refractivity contribution in [2.45, 2.75) is 43.8 Å². The molecule has 0 saturated heterocycles. The van der Waals surface area contributed by atoms with E-state index < -0.39 is 24.6 Å². The van der Waals surface area contributed by atoms with Gasteiger partial charge >= 0.3 is 5.97 Å². The van der Waals surface area contributed by atoms with Crippen molar-refractivity contribution in [3.05, 3.63) is 58.9 Å². The number of carboxylic acids is 1. The van der Waals surface area contributed by atoms with Crippen LogP contribution >= 0.6 is 11.3 Å². The third-order valence-corrected chi connectivity index (χ3v) is 6.03. The number of halogens is 1. The summed E-state index contributed by atoms with van der Waals surface area (Å²) in [5.74, 6) is -0.987. The predicted octanol–water partition coefficient (Wildman–Crippen LogP) is 4.58. The Balaban J connectivity index is 1.75. The normalized spacial score (nSPS) is 16.2. The summed E-state index contributed by atoms with van der Waals surface area (Å²) in [6.45, 7) is 0. The molecule has 1 heterocycles. The molecule has 1 saturated carbocycles. The number of thiazole rings is 1. The number of hydrogen-bond acceptors (Lipinski definition) is 5. The van der Waals surface area contributed by atoms with Crippen LogP contribution in [0.3, 0.4) is 0 Å². The van der Waals surface area contributed by atoms with Crippen molar-refractivity contribution in [2.75, 3.05) is 0 Å². The molecule has 3 aromatic rings. The summed E-state index contributed by atoms with van der Waals surface area (Å²) < 4.78 is 14.6. The highest BCUT2D eigenvalue weighted by Crippen LogP contribution is 2.47. The molecule has 1 aliphatic rings. The topological polar surface area (TPSA) is 90.7 Å². The Labute approximate surface area is 177 Å². The van der Waals surface area contributed by atoms with Gasteiger partial charge in [0.25, 0.3) is 0 Å². The first kappa shape index (κ1) is 20.7. The van der Waals surface area contributed by atoms with Crippen LogP contribution in [0.2, 0.25) is 0 Å². The molecule has 0 unspecified atom stereocenters. The number of nitrogens with zero attached hydrogens (tertiary/aromatic N) is 1. The molecule has 1 aromatic heterocycles. The van der Waals surface area contributed by atoms with Gasteiger partial charge < -0.3 is 15.3 Å². The molecule has 0 amide bonds. The van der Waals surface area contributed by atoms with Crippen LogP contribution in [0, 0.1) is 5.82 Å². The van der Waals surface area contributed by atoms with E-state index in [1.807, 2.05) is 6.08 Å². The van der Waals surface area contributed by atoms with Gasteiger partial charge in [0.15, 0.2) is 0 Å². The van der Waals surface area contributed by atoms with Gasteiger partial charge in [-0.2, -0.15) is 0 Å². The van der Waals surface area contributed by atoms with E-state index in [0.717, 1.165) is 39.7 Å². The lowest BCUT2D eigenvalue weighted by molar-refractivity contribution is -0.139. The SMILES string of the molecule is O=C(O)C[C@H](O)C[C@H](O)/C=C/c1c(C2CC2)cc2scnc2c1-c1ccc(F)cc1. The number of aliphatic hydroxyl groups is 2. The van der Waals surface area contributed by atoms with Gasteiger partial charge in [0.1, 0.15) is 5.82 Å². The van der Waals surface area contributed by atoms with Crippen molar-refractivity contribution in [2.24, 2.45) is 0 Å². The third kappa shape index (κ3) is 4.59. The summed E-state index contributed by atoms with van der Waals surface area (Å²) in [4.78, 5) is 15.3. The van der Waals surface area contributed by atoms with Crippen LogP contribution < -0.4 is 0 Å². The molecule has 7 heteroatoms. The monoisotopic (exact) mass is 427 g/mol. The van der Waals surface area contributed by atoms with Crippen molar-refractivity contribution < 1.29 is 24.5 Å². The van der Waals surface area contributed by atoms with Gasteiger partial charge in [-0.05, 0) is 53.6 Å². The number of fused-ring (bicyclic) bond motifs is 1. The molecular weight excluding hydrogens is 405 g/mol. The molecule has 1 aliphatic carbocycles. The molecule has 1 fully saturated rings. The summed E-state index contributed by atoms with van der Waals surface area (Å²) in [7, 11) is 0. The molecule has 0 aliphatic heterocycles. The zero-order valence-electron chi connectivity index (χ0n) is 16.2. The van der Waals surface area contributed by atoms with E-state index in [-0.39, 0.29) is 12.2 Å². The number of aromatic nitrogens is 1. The average Bonchev–Trinajstić information content (AvgIpc) is 3.43. The molecule has 3 N–H and O–H groups in total. The maximum absolute atomic E-state index is 13.5. The third-order valence-electron chi connectivity index (χ3n) is 5.26. The Morgan fingerprint density at radius 2 is 2.00 bits per heavy atom. The minimum atomic E-state index is -1.12. The zero-order valence-corrected chi connectivity index (χ0v) is 17.0. The van der Waals surface area contributed by atoms with Gasteiger partial charge in [-0.3, -0.25) is 4.79 Å². The van der Waals surface area contributed by atoms with Crippen LogP contribution in [0.15, 0.2) is 41.9 Å². The number of rotatable bonds is 8. The summed E-state index contributed by atoms with van der Waals surface area (Å²) in [5.41, 5.74) is 6.45. The minimum absolute atomic E-state index is 0.0631. The molecule has 30 heavy (non-hydrogen) atoms. The Morgan fingerprint density at radius 3 is 2.67 bits per heavy atom.